The maximum absolute atomic E-state index is 13.2. The van der Waals surface area contributed by atoms with Crippen LogP contribution in [0.5, 0.6) is 11.5 Å². The summed E-state index contributed by atoms with van der Waals surface area (Å²) in [6.45, 7) is 0. The number of nitrogens with zero attached hydrogens (tertiary/aromatic N) is 1. The van der Waals surface area contributed by atoms with Gasteiger partial charge in [-0.25, -0.2) is 8.78 Å². The maximum Gasteiger partial charge on any atom is 0.225 e. The molecule has 0 unspecified atom stereocenters. The Morgan fingerprint density at radius 1 is 1.16 bits per heavy atom. The van der Waals surface area contributed by atoms with E-state index < -0.39 is 23.6 Å². The zero-order valence-corrected chi connectivity index (χ0v) is 13.7. The molecule has 0 saturated carbocycles. The molecule has 0 heterocycles. The van der Waals surface area contributed by atoms with Gasteiger partial charge in [-0.15, -0.1) is 0 Å². The fraction of sp³-hybridized carbons (Fsp3) is 0.222. The lowest BCUT2D eigenvalue weighted by atomic mass is 10.1. The van der Waals surface area contributed by atoms with E-state index in [0.29, 0.717) is 22.6 Å². The van der Waals surface area contributed by atoms with E-state index in [4.69, 9.17) is 9.47 Å². The predicted molar refractivity (Wildman–Crippen MR) is 86.1 cm³/mol. The summed E-state index contributed by atoms with van der Waals surface area (Å²) >= 11 is 0. The first-order valence-electron chi connectivity index (χ1n) is 7.33. The Hall–Kier alpha value is -3.14. The number of carbonyl (C=O) groups excluding carboxylic acids is 1. The monoisotopic (exact) mass is 346 g/mol. The lowest BCUT2D eigenvalue weighted by Gasteiger charge is -2.16. The van der Waals surface area contributed by atoms with Crippen molar-refractivity contribution < 1.29 is 23.0 Å². The Labute approximate surface area is 143 Å². The molecule has 0 aliphatic carbocycles. The standard InChI is InChI=1S/C18H16F2N2O3/c1-24-12-4-5-13(17(9-12)25-2)16(10-21)22-18(23)8-11-3-6-14(19)15(20)7-11/h3-7,9,16H,8H2,1-2H3,(H,22,23)/t16-/m1/s1. The van der Waals surface area contributed by atoms with Gasteiger partial charge in [0.25, 0.3) is 0 Å². The summed E-state index contributed by atoms with van der Waals surface area (Å²) in [5.74, 6) is -1.58. The molecule has 1 atom stereocenters. The molecule has 1 N–H and O–H groups in total. The highest BCUT2D eigenvalue weighted by atomic mass is 19.2. The van der Waals surface area contributed by atoms with Crippen LogP contribution in [0.2, 0.25) is 0 Å². The highest BCUT2D eigenvalue weighted by molar-refractivity contribution is 5.79. The predicted octanol–water partition coefficient (Wildman–Crippen LogP) is 2.91. The molecule has 7 heteroatoms. The molecule has 0 radical (unpaired) electrons. The van der Waals surface area contributed by atoms with E-state index in [1.54, 1.807) is 18.2 Å². The summed E-state index contributed by atoms with van der Waals surface area (Å²) in [7, 11) is 2.94. The van der Waals surface area contributed by atoms with Crippen molar-refractivity contribution in [1.82, 2.24) is 5.32 Å². The summed E-state index contributed by atoms with van der Waals surface area (Å²) in [5, 5.41) is 11.9. The van der Waals surface area contributed by atoms with Gasteiger partial charge in [-0.05, 0) is 29.8 Å². The van der Waals surface area contributed by atoms with Crippen LogP contribution in [0, 0.1) is 23.0 Å². The van der Waals surface area contributed by atoms with Crippen molar-refractivity contribution in [2.24, 2.45) is 0 Å². The number of rotatable bonds is 6. The van der Waals surface area contributed by atoms with Gasteiger partial charge in [0.1, 0.15) is 17.5 Å². The van der Waals surface area contributed by atoms with Crippen molar-refractivity contribution in [3.05, 3.63) is 59.2 Å². The minimum Gasteiger partial charge on any atom is -0.497 e. The van der Waals surface area contributed by atoms with Gasteiger partial charge in [-0.2, -0.15) is 5.26 Å². The van der Waals surface area contributed by atoms with E-state index in [1.165, 1.54) is 20.3 Å². The third-order valence-corrected chi connectivity index (χ3v) is 3.53. The summed E-state index contributed by atoms with van der Waals surface area (Å²) in [6.07, 6.45) is -0.187. The molecule has 0 bridgehead atoms. The van der Waals surface area contributed by atoms with Gasteiger partial charge in [0.15, 0.2) is 11.6 Å². The number of nitriles is 1. The molecule has 25 heavy (non-hydrogen) atoms. The van der Waals surface area contributed by atoms with E-state index in [-0.39, 0.29) is 6.42 Å². The minimum absolute atomic E-state index is 0.187. The molecule has 0 saturated heterocycles. The molecular formula is C18H16F2N2O3. The summed E-state index contributed by atoms with van der Waals surface area (Å²) in [4.78, 5) is 12.1. The number of benzene rings is 2. The molecule has 2 aromatic rings. The molecule has 0 aliphatic rings. The lowest BCUT2D eigenvalue weighted by molar-refractivity contribution is -0.120. The number of nitrogens with one attached hydrogen (secondary N) is 1. The van der Waals surface area contributed by atoms with Gasteiger partial charge in [0, 0.05) is 11.6 Å². The topological polar surface area (TPSA) is 71.3 Å². The van der Waals surface area contributed by atoms with Crippen LogP contribution in [0.3, 0.4) is 0 Å². The number of ether oxygens (including phenoxy) is 2. The molecule has 0 aliphatic heterocycles. The largest absolute Gasteiger partial charge is 0.497 e. The Kier molecular flexibility index (Phi) is 5.90. The molecule has 0 spiro atoms. The van der Waals surface area contributed by atoms with Crippen LogP contribution < -0.4 is 14.8 Å². The third kappa shape index (κ3) is 4.44. The highest BCUT2D eigenvalue weighted by Crippen LogP contribution is 2.29. The minimum atomic E-state index is -1.03. The number of methoxy groups -OCH3 is 2. The molecule has 130 valence electrons. The van der Waals surface area contributed by atoms with Gasteiger partial charge >= 0.3 is 0 Å². The fourth-order valence-electron chi connectivity index (χ4n) is 2.28. The van der Waals surface area contributed by atoms with Gasteiger partial charge in [0.05, 0.1) is 26.7 Å². The SMILES string of the molecule is COc1ccc([C@@H](C#N)NC(=O)Cc2ccc(F)c(F)c2)c(OC)c1. The zero-order chi connectivity index (χ0) is 18.4. The quantitative estimate of drug-likeness (QED) is 0.873. The third-order valence-electron chi connectivity index (χ3n) is 3.53. The van der Waals surface area contributed by atoms with E-state index in [9.17, 15) is 18.8 Å². The van der Waals surface area contributed by atoms with Gasteiger partial charge in [0.2, 0.25) is 5.91 Å². The number of hydrogen-bond donors (Lipinski definition) is 1. The second kappa shape index (κ2) is 8.11. The smallest absolute Gasteiger partial charge is 0.225 e. The summed E-state index contributed by atoms with van der Waals surface area (Å²) in [5.41, 5.74) is 0.763. The Bertz CT molecular complexity index is 818. The first kappa shape index (κ1) is 18.2. The van der Waals surface area contributed by atoms with E-state index in [1.807, 2.05) is 6.07 Å². The molecule has 5 nitrogen and oxygen atoms in total. The molecule has 1 amide bonds. The van der Waals surface area contributed by atoms with Crippen LogP contribution in [0.25, 0.3) is 0 Å². The first-order chi connectivity index (χ1) is 12.0. The van der Waals surface area contributed by atoms with Crippen molar-refractivity contribution in [2.45, 2.75) is 12.5 Å². The Balaban J connectivity index is 2.15. The molecule has 2 aromatic carbocycles. The zero-order valence-electron chi connectivity index (χ0n) is 13.7. The summed E-state index contributed by atoms with van der Waals surface area (Å²) < 4.78 is 36.4. The van der Waals surface area contributed by atoms with Crippen LogP contribution >= 0.6 is 0 Å². The average molecular weight is 346 g/mol. The lowest BCUT2D eigenvalue weighted by Crippen LogP contribution is -2.29. The van der Waals surface area contributed by atoms with Crippen LogP contribution in [0.4, 0.5) is 8.78 Å². The van der Waals surface area contributed by atoms with Gasteiger partial charge in [-0.1, -0.05) is 6.07 Å². The van der Waals surface area contributed by atoms with E-state index in [0.717, 1.165) is 12.1 Å². The van der Waals surface area contributed by atoms with Gasteiger partial charge < -0.3 is 14.8 Å². The Morgan fingerprint density at radius 3 is 2.52 bits per heavy atom. The van der Waals surface area contributed by atoms with E-state index in [2.05, 4.69) is 5.32 Å². The normalized spacial score (nSPS) is 11.3. The average Bonchev–Trinajstić information content (AvgIpc) is 2.62. The molecule has 0 fully saturated rings. The van der Waals surface area contributed by atoms with Crippen LogP contribution in [-0.2, 0) is 11.2 Å². The van der Waals surface area contributed by atoms with Crippen molar-refractivity contribution in [2.75, 3.05) is 14.2 Å². The number of amides is 1. The molecule has 2 rings (SSSR count). The number of carbonyl (C=O) groups is 1. The molecule has 0 aromatic heterocycles. The number of halogens is 2. The number of hydrogen-bond acceptors (Lipinski definition) is 4. The van der Waals surface area contributed by atoms with Gasteiger partial charge in [-0.3, -0.25) is 4.79 Å². The van der Waals surface area contributed by atoms with Crippen LogP contribution in [0.15, 0.2) is 36.4 Å². The second-order valence-electron chi connectivity index (χ2n) is 5.16. The van der Waals surface area contributed by atoms with Crippen LogP contribution in [-0.4, -0.2) is 20.1 Å². The van der Waals surface area contributed by atoms with E-state index >= 15 is 0 Å². The Morgan fingerprint density at radius 2 is 1.92 bits per heavy atom. The highest BCUT2D eigenvalue weighted by Gasteiger charge is 2.19. The van der Waals surface area contributed by atoms with Crippen molar-refractivity contribution >= 4 is 5.91 Å². The van der Waals surface area contributed by atoms with Crippen LogP contribution in [0.1, 0.15) is 17.2 Å². The first-order valence-corrected chi connectivity index (χ1v) is 7.33. The van der Waals surface area contributed by atoms with Crippen molar-refractivity contribution in [1.29, 1.82) is 5.26 Å². The van der Waals surface area contributed by atoms with Crippen molar-refractivity contribution in [3.8, 4) is 17.6 Å². The summed E-state index contributed by atoms with van der Waals surface area (Å²) in [6, 6.07) is 9.09. The fourth-order valence-corrected chi connectivity index (χ4v) is 2.28. The second-order valence-corrected chi connectivity index (χ2v) is 5.16. The maximum atomic E-state index is 13.2. The van der Waals surface area contributed by atoms with Crippen molar-refractivity contribution in [3.63, 3.8) is 0 Å². The molecular weight excluding hydrogens is 330 g/mol.